The first-order chi connectivity index (χ1) is 7.33. The topological polar surface area (TPSA) is 9.23 Å². The molecule has 0 unspecified atom stereocenters. The lowest BCUT2D eigenvalue weighted by atomic mass is 10.1. The number of aryl methyl sites for hydroxylation is 1. The van der Waals surface area contributed by atoms with Crippen molar-refractivity contribution in [3.8, 4) is 16.9 Å². The van der Waals surface area contributed by atoms with Gasteiger partial charge in [-0.3, -0.25) is 0 Å². The fraction of sp³-hybridized carbons (Fsp3) is 0.231. The molecule has 0 saturated heterocycles. The molecule has 0 bridgehead atoms. The van der Waals surface area contributed by atoms with Crippen LogP contribution in [0.1, 0.15) is 11.8 Å². The standard InChI is InChI=1S/C13H14OS/c1-3-13-8-11(9-15-13)10-4-6-12(14-2)7-5-10/h4-9H,3H2,1-2H3. The second-order valence-corrected chi connectivity index (χ2v) is 4.38. The molecule has 1 heterocycles. The summed E-state index contributed by atoms with van der Waals surface area (Å²) in [5.74, 6) is 0.907. The molecule has 0 aliphatic heterocycles. The van der Waals surface area contributed by atoms with Crippen LogP contribution in [-0.4, -0.2) is 7.11 Å². The van der Waals surface area contributed by atoms with Gasteiger partial charge >= 0.3 is 0 Å². The highest BCUT2D eigenvalue weighted by molar-refractivity contribution is 7.10. The van der Waals surface area contributed by atoms with Crippen LogP contribution in [0.15, 0.2) is 35.7 Å². The lowest BCUT2D eigenvalue weighted by molar-refractivity contribution is 0.415. The molecule has 1 aromatic heterocycles. The summed E-state index contributed by atoms with van der Waals surface area (Å²) in [4.78, 5) is 1.43. The fourth-order valence-corrected chi connectivity index (χ4v) is 2.35. The Morgan fingerprint density at radius 3 is 2.40 bits per heavy atom. The van der Waals surface area contributed by atoms with Gasteiger partial charge in [0.25, 0.3) is 0 Å². The van der Waals surface area contributed by atoms with Gasteiger partial charge in [-0.1, -0.05) is 19.1 Å². The van der Waals surface area contributed by atoms with Gasteiger partial charge in [0.1, 0.15) is 5.75 Å². The molecule has 0 N–H and O–H groups in total. The SMILES string of the molecule is CCc1cc(-c2ccc(OC)cc2)cs1. The van der Waals surface area contributed by atoms with Crippen molar-refractivity contribution in [2.45, 2.75) is 13.3 Å². The molecule has 2 heteroatoms. The quantitative estimate of drug-likeness (QED) is 0.757. The lowest BCUT2D eigenvalue weighted by Crippen LogP contribution is -1.81. The molecule has 2 rings (SSSR count). The Hall–Kier alpha value is -1.28. The molecular weight excluding hydrogens is 204 g/mol. The van der Waals surface area contributed by atoms with E-state index in [0.717, 1.165) is 12.2 Å². The van der Waals surface area contributed by atoms with E-state index >= 15 is 0 Å². The van der Waals surface area contributed by atoms with Gasteiger partial charge in [-0.25, -0.2) is 0 Å². The van der Waals surface area contributed by atoms with Crippen molar-refractivity contribution in [3.63, 3.8) is 0 Å². The molecule has 0 radical (unpaired) electrons. The van der Waals surface area contributed by atoms with Crippen LogP contribution in [0, 0.1) is 0 Å². The van der Waals surface area contributed by atoms with Gasteiger partial charge in [0, 0.05) is 4.88 Å². The molecule has 1 aromatic carbocycles. The normalized spacial score (nSPS) is 10.3. The van der Waals surface area contributed by atoms with Crippen molar-refractivity contribution in [2.75, 3.05) is 7.11 Å². The Bertz CT molecular complexity index is 428. The number of methoxy groups -OCH3 is 1. The summed E-state index contributed by atoms with van der Waals surface area (Å²) >= 11 is 1.82. The predicted octanol–water partition coefficient (Wildman–Crippen LogP) is 3.99. The smallest absolute Gasteiger partial charge is 0.118 e. The second-order valence-electron chi connectivity index (χ2n) is 3.38. The highest BCUT2D eigenvalue weighted by atomic mass is 32.1. The third-order valence-corrected chi connectivity index (χ3v) is 3.51. The number of thiophene rings is 1. The van der Waals surface area contributed by atoms with E-state index in [1.165, 1.54) is 16.0 Å². The Balaban J connectivity index is 2.28. The summed E-state index contributed by atoms with van der Waals surface area (Å²) in [7, 11) is 1.69. The molecule has 0 spiro atoms. The summed E-state index contributed by atoms with van der Waals surface area (Å²) in [5.41, 5.74) is 2.56. The molecule has 0 atom stereocenters. The minimum Gasteiger partial charge on any atom is -0.497 e. The number of hydrogen-bond donors (Lipinski definition) is 0. The first-order valence-corrected chi connectivity index (χ1v) is 5.93. The van der Waals surface area contributed by atoms with E-state index in [4.69, 9.17) is 4.74 Å². The van der Waals surface area contributed by atoms with Gasteiger partial charge in [-0.05, 0) is 41.1 Å². The van der Waals surface area contributed by atoms with Gasteiger partial charge in [-0.15, -0.1) is 11.3 Å². The molecule has 1 nitrogen and oxygen atoms in total. The van der Waals surface area contributed by atoms with E-state index in [9.17, 15) is 0 Å². The van der Waals surface area contributed by atoms with E-state index in [-0.39, 0.29) is 0 Å². The van der Waals surface area contributed by atoms with E-state index < -0.39 is 0 Å². The molecule has 2 aromatic rings. The van der Waals surface area contributed by atoms with Crippen molar-refractivity contribution in [1.29, 1.82) is 0 Å². The van der Waals surface area contributed by atoms with Crippen LogP contribution in [0.3, 0.4) is 0 Å². The molecule has 0 saturated carbocycles. The van der Waals surface area contributed by atoms with Crippen molar-refractivity contribution in [1.82, 2.24) is 0 Å². The third-order valence-electron chi connectivity index (χ3n) is 2.43. The Morgan fingerprint density at radius 2 is 1.87 bits per heavy atom. The van der Waals surface area contributed by atoms with E-state index in [2.05, 4.69) is 30.5 Å². The van der Waals surface area contributed by atoms with Gasteiger partial charge in [0.15, 0.2) is 0 Å². The minimum atomic E-state index is 0.907. The Kier molecular flexibility index (Phi) is 3.07. The monoisotopic (exact) mass is 218 g/mol. The highest BCUT2D eigenvalue weighted by Gasteiger charge is 2.01. The maximum absolute atomic E-state index is 5.13. The van der Waals surface area contributed by atoms with Gasteiger partial charge in [0.2, 0.25) is 0 Å². The minimum absolute atomic E-state index is 0.907. The van der Waals surface area contributed by atoms with Gasteiger partial charge in [-0.2, -0.15) is 0 Å². The zero-order valence-corrected chi connectivity index (χ0v) is 9.80. The largest absolute Gasteiger partial charge is 0.497 e. The predicted molar refractivity (Wildman–Crippen MR) is 65.7 cm³/mol. The second kappa shape index (κ2) is 4.49. The zero-order chi connectivity index (χ0) is 10.7. The van der Waals surface area contributed by atoms with Crippen molar-refractivity contribution in [3.05, 3.63) is 40.6 Å². The average Bonchev–Trinajstić information content (AvgIpc) is 2.78. The first kappa shape index (κ1) is 10.2. The van der Waals surface area contributed by atoms with Crippen LogP contribution in [-0.2, 0) is 6.42 Å². The molecule has 0 aliphatic rings. The molecular formula is C13H14OS. The average molecular weight is 218 g/mol. The number of benzene rings is 1. The molecule has 0 fully saturated rings. The number of ether oxygens (including phenoxy) is 1. The van der Waals surface area contributed by atoms with Gasteiger partial charge < -0.3 is 4.74 Å². The fourth-order valence-electron chi connectivity index (χ4n) is 1.50. The van der Waals surface area contributed by atoms with Crippen molar-refractivity contribution >= 4 is 11.3 Å². The third kappa shape index (κ3) is 2.21. The Morgan fingerprint density at radius 1 is 1.13 bits per heavy atom. The summed E-state index contributed by atoms with van der Waals surface area (Å²) in [6.45, 7) is 2.18. The number of rotatable bonds is 3. The molecule has 15 heavy (non-hydrogen) atoms. The maximum atomic E-state index is 5.13. The summed E-state index contributed by atoms with van der Waals surface area (Å²) in [6, 6.07) is 10.4. The van der Waals surface area contributed by atoms with Gasteiger partial charge in [0.05, 0.1) is 7.11 Å². The maximum Gasteiger partial charge on any atom is 0.118 e. The van der Waals surface area contributed by atoms with Crippen LogP contribution in [0.25, 0.3) is 11.1 Å². The first-order valence-electron chi connectivity index (χ1n) is 5.05. The Labute approximate surface area is 94.3 Å². The summed E-state index contributed by atoms with van der Waals surface area (Å²) in [6.07, 6.45) is 1.11. The molecule has 0 aliphatic carbocycles. The molecule has 78 valence electrons. The van der Waals surface area contributed by atoms with Crippen LogP contribution >= 0.6 is 11.3 Å². The van der Waals surface area contributed by atoms with Crippen LogP contribution in [0.2, 0.25) is 0 Å². The van der Waals surface area contributed by atoms with E-state index in [0.29, 0.717) is 0 Å². The summed E-state index contributed by atoms with van der Waals surface area (Å²) in [5, 5.41) is 2.21. The zero-order valence-electron chi connectivity index (χ0n) is 8.99. The van der Waals surface area contributed by atoms with Crippen LogP contribution < -0.4 is 4.74 Å². The van der Waals surface area contributed by atoms with Crippen LogP contribution in [0.4, 0.5) is 0 Å². The van der Waals surface area contributed by atoms with Crippen molar-refractivity contribution in [2.24, 2.45) is 0 Å². The number of hydrogen-bond acceptors (Lipinski definition) is 2. The summed E-state index contributed by atoms with van der Waals surface area (Å²) < 4.78 is 5.13. The molecule has 0 amide bonds. The lowest BCUT2D eigenvalue weighted by Gasteiger charge is -2.00. The highest BCUT2D eigenvalue weighted by Crippen LogP contribution is 2.27. The van der Waals surface area contributed by atoms with Crippen molar-refractivity contribution < 1.29 is 4.74 Å². The van der Waals surface area contributed by atoms with E-state index in [1.807, 2.05) is 23.5 Å². The van der Waals surface area contributed by atoms with Crippen LogP contribution in [0.5, 0.6) is 5.75 Å². The van der Waals surface area contributed by atoms with E-state index in [1.54, 1.807) is 7.11 Å².